The van der Waals surface area contributed by atoms with Crippen LogP contribution in [-0.4, -0.2) is 33.6 Å². The number of amides is 1. The van der Waals surface area contributed by atoms with Crippen molar-refractivity contribution in [3.05, 3.63) is 105 Å². The summed E-state index contributed by atoms with van der Waals surface area (Å²) in [6.07, 6.45) is 0.361. The summed E-state index contributed by atoms with van der Waals surface area (Å²) in [6, 6.07) is 16.5. The number of hydrogen-bond donors (Lipinski definition) is 3. The number of aromatic carboxylic acids is 1. The maximum atomic E-state index is 14.6. The number of carboxylic acids is 1. The van der Waals surface area contributed by atoms with Crippen molar-refractivity contribution >= 4 is 22.8 Å². The molecule has 1 aromatic heterocycles. The van der Waals surface area contributed by atoms with Gasteiger partial charge in [-0.1, -0.05) is 50.2 Å². The van der Waals surface area contributed by atoms with Crippen LogP contribution in [0.3, 0.4) is 0 Å². The Morgan fingerprint density at radius 2 is 1.84 bits per heavy atom. The molecular weight excluding hydrogens is 477 g/mol. The summed E-state index contributed by atoms with van der Waals surface area (Å²) in [5, 5.41) is 11.6. The average Bonchev–Trinajstić information content (AvgIpc) is 2.88. The molecule has 0 aliphatic heterocycles. The Morgan fingerprint density at radius 3 is 2.54 bits per heavy atom. The van der Waals surface area contributed by atoms with Crippen molar-refractivity contribution in [1.82, 2.24) is 15.3 Å². The van der Waals surface area contributed by atoms with Gasteiger partial charge in [-0.15, -0.1) is 0 Å². The van der Waals surface area contributed by atoms with E-state index in [1.807, 2.05) is 24.3 Å². The number of carbonyl (C=O) groups excluding carboxylic acids is 1. The van der Waals surface area contributed by atoms with E-state index < -0.39 is 23.3 Å². The topological polar surface area (TPSA) is 121 Å². The number of benzene rings is 3. The van der Waals surface area contributed by atoms with Crippen molar-refractivity contribution < 1.29 is 23.8 Å². The number of nitrogens with zero attached hydrogens (tertiary/aromatic N) is 1. The Morgan fingerprint density at radius 1 is 1.08 bits per heavy atom. The van der Waals surface area contributed by atoms with Crippen LogP contribution < -0.4 is 15.6 Å². The fourth-order valence-corrected chi connectivity index (χ4v) is 3.84. The van der Waals surface area contributed by atoms with Gasteiger partial charge in [0, 0.05) is 13.0 Å². The van der Waals surface area contributed by atoms with Gasteiger partial charge in [0.2, 0.25) is 0 Å². The Bertz CT molecular complexity index is 1510. The van der Waals surface area contributed by atoms with Crippen molar-refractivity contribution in [3.63, 3.8) is 0 Å². The summed E-state index contributed by atoms with van der Waals surface area (Å²) in [4.78, 5) is 43.1. The minimum atomic E-state index is -1.03. The van der Waals surface area contributed by atoms with Crippen molar-refractivity contribution in [2.45, 2.75) is 32.7 Å². The molecule has 1 amide bonds. The predicted octanol–water partition coefficient (Wildman–Crippen LogP) is 4.44. The van der Waals surface area contributed by atoms with Crippen LogP contribution >= 0.6 is 0 Å². The monoisotopic (exact) mass is 503 g/mol. The van der Waals surface area contributed by atoms with Crippen LogP contribution in [0.1, 0.15) is 57.4 Å². The second kappa shape index (κ2) is 11.0. The highest BCUT2D eigenvalue weighted by Crippen LogP contribution is 2.25. The van der Waals surface area contributed by atoms with E-state index in [9.17, 15) is 18.8 Å². The zero-order valence-electron chi connectivity index (χ0n) is 20.4. The molecule has 0 bridgehead atoms. The lowest BCUT2D eigenvalue weighted by atomic mass is 10.0. The van der Waals surface area contributed by atoms with Gasteiger partial charge in [0.05, 0.1) is 17.7 Å². The van der Waals surface area contributed by atoms with Crippen LogP contribution in [0.2, 0.25) is 0 Å². The van der Waals surface area contributed by atoms with Gasteiger partial charge in [0.25, 0.3) is 11.5 Å². The maximum Gasteiger partial charge on any atom is 0.335 e. The number of carbonyl (C=O) groups is 2. The van der Waals surface area contributed by atoms with E-state index in [-0.39, 0.29) is 41.2 Å². The lowest BCUT2D eigenvalue weighted by molar-refractivity contribution is 0.0696. The fraction of sp³-hybridized carbons (Fsp3) is 0.214. The molecule has 0 radical (unpaired) electrons. The van der Waals surface area contributed by atoms with Crippen molar-refractivity contribution in [2.75, 3.05) is 6.61 Å². The SMILES string of the molecule is CC(C)c1cccc(CNC(=O)c2nc3ccc(F)c(OCCc4ccc(C(=O)O)cc4)c3c(=O)[nH]2)c1. The molecular formula is C28H26FN3O5. The van der Waals surface area contributed by atoms with Crippen LogP contribution in [0, 0.1) is 5.82 Å². The van der Waals surface area contributed by atoms with Crippen LogP contribution in [0.15, 0.2) is 65.5 Å². The molecule has 0 atom stereocenters. The quantitative estimate of drug-likeness (QED) is 0.311. The molecule has 3 N–H and O–H groups in total. The third-order valence-electron chi connectivity index (χ3n) is 5.90. The molecule has 8 nitrogen and oxygen atoms in total. The number of nitrogens with one attached hydrogen (secondary N) is 2. The van der Waals surface area contributed by atoms with Crippen molar-refractivity contribution in [2.24, 2.45) is 0 Å². The number of aromatic nitrogens is 2. The third kappa shape index (κ3) is 6.00. The van der Waals surface area contributed by atoms with Gasteiger partial charge in [-0.25, -0.2) is 14.2 Å². The molecule has 190 valence electrons. The van der Waals surface area contributed by atoms with Gasteiger partial charge in [-0.3, -0.25) is 9.59 Å². The lowest BCUT2D eigenvalue weighted by Gasteiger charge is -2.11. The minimum absolute atomic E-state index is 0.0412. The molecule has 3 aromatic carbocycles. The first kappa shape index (κ1) is 25.6. The molecule has 1 heterocycles. The second-order valence-electron chi connectivity index (χ2n) is 8.87. The number of rotatable bonds is 9. The molecule has 0 saturated carbocycles. The van der Waals surface area contributed by atoms with Crippen LogP contribution in [0.4, 0.5) is 4.39 Å². The van der Waals surface area contributed by atoms with Gasteiger partial charge in [0.15, 0.2) is 17.4 Å². The number of fused-ring (bicyclic) bond motifs is 1. The fourth-order valence-electron chi connectivity index (χ4n) is 3.84. The molecule has 0 saturated heterocycles. The van der Waals surface area contributed by atoms with E-state index in [2.05, 4.69) is 29.1 Å². The highest BCUT2D eigenvalue weighted by atomic mass is 19.1. The molecule has 37 heavy (non-hydrogen) atoms. The largest absolute Gasteiger partial charge is 0.489 e. The van der Waals surface area contributed by atoms with E-state index in [0.717, 1.165) is 22.8 Å². The van der Waals surface area contributed by atoms with Gasteiger partial charge in [-0.2, -0.15) is 0 Å². The summed E-state index contributed by atoms with van der Waals surface area (Å²) in [7, 11) is 0. The second-order valence-corrected chi connectivity index (χ2v) is 8.87. The van der Waals surface area contributed by atoms with Crippen LogP contribution in [0.5, 0.6) is 5.75 Å². The number of ether oxygens (including phenoxy) is 1. The van der Waals surface area contributed by atoms with Crippen LogP contribution in [0.25, 0.3) is 10.9 Å². The Hall–Kier alpha value is -4.53. The Kier molecular flexibility index (Phi) is 7.62. The average molecular weight is 504 g/mol. The highest BCUT2D eigenvalue weighted by molar-refractivity contribution is 5.93. The number of carboxylic acid groups (broad SMARTS) is 1. The first-order valence-electron chi connectivity index (χ1n) is 11.8. The molecule has 4 rings (SSSR count). The van der Waals surface area contributed by atoms with Gasteiger partial charge in [-0.05, 0) is 46.9 Å². The Balaban J connectivity index is 1.48. The molecule has 0 aliphatic rings. The van der Waals surface area contributed by atoms with Gasteiger partial charge >= 0.3 is 5.97 Å². The van der Waals surface area contributed by atoms with Crippen LogP contribution in [-0.2, 0) is 13.0 Å². The molecule has 4 aromatic rings. The van der Waals surface area contributed by atoms with E-state index in [0.29, 0.717) is 12.3 Å². The van der Waals surface area contributed by atoms with Gasteiger partial charge in [0.1, 0.15) is 5.39 Å². The van der Waals surface area contributed by atoms with E-state index in [4.69, 9.17) is 9.84 Å². The van der Waals surface area contributed by atoms with E-state index in [1.165, 1.54) is 18.2 Å². The molecule has 0 unspecified atom stereocenters. The van der Waals surface area contributed by atoms with Crippen molar-refractivity contribution in [1.29, 1.82) is 0 Å². The summed E-state index contributed by atoms with van der Waals surface area (Å²) in [6.45, 7) is 4.47. The number of aromatic amines is 1. The predicted molar refractivity (Wildman–Crippen MR) is 137 cm³/mol. The minimum Gasteiger partial charge on any atom is -0.489 e. The Labute approximate surface area is 212 Å². The summed E-state index contributed by atoms with van der Waals surface area (Å²) < 4.78 is 20.2. The van der Waals surface area contributed by atoms with E-state index in [1.54, 1.807) is 12.1 Å². The summed E-state index contributed by atoms with van der Waals surface area (Å²) in [5.74, 6) is -2.42. The molecule has 0 aliphatic carbocycles. The highest BCUT2D eigenvalue weighted by Gasteiger charge is 2.18. The summed E-state index contributed by atoms with van der Waals surface area (Å²) in [5.41, 5.74) is 2.44. The molecule has 9 heteroatoms. The third-order valence-corrected chi connectivity index (χ3v) is 5.90. The zero-order valence-corrected chi connectivity index (χ0v) is 20.4. The number of hydrogen-bond acceptors (Lipinski definition) is 5. The van der Waals surface area contributed by atoms with E-state index >= 15 is 0 Å². The lowest BCUT2D eigenvalue weighted by Crippen LogP contribution is -2.27. The van der Waals surface area contributed by atoms with Crippen molar-refractivity contribution in [3.8, 4) is 5.75 Å². The van der Waals surface area contributed by atoms with Gasteiger partial charge < -0.3 is 20.1 Å². The normalized spacial score (nSPS) is 11.0. The first-order chi connectivity index (χ1) is 17.7. The molecule has 0 fully saturated rings. The zero-order chi connectivity index (χ0) is 26.5. The summed E-state index contributed by atoms with van der Waals surface area (Å²) >= 11 is 0. The standard InChI is InChI=1S/C28H26FN3O5/c1-16(2)20-5-3-4-18(14-20)15-30-27(34)25-31-22-11-10-21(29)24(23(22)26(33)32-25)37-13-12-17-6-8-19(9-7-17)28(35)36/h3-11,14,16H,12-13,15H2,1-2H3,(H,30,34)(H,35,36)(H,31,32,33). The smallest absolute Gasteiger partial charge is 0.335 e. The number of H-pyrrole nitrogens is 1. The maximum absolute atomic E-state index is 14.6. The number of halogens is 1. The first-order valence-corrected chi connectivity index (χ1v) is 11.8. The molecule has 0 spiro atoms.